The number of hydrogen-bond acceptors (Lipinski definition) is 3. The largest absolute Gasteiger partial charge is 0.389 e. The number of aromatic nitrogens is 1. The molecular formula is C14H17NOS. The van der Waals surface area contributed by atoms with Crippen molar-refractivity contribution in [2.45, 2.75) is 44.1 Å². The molecule has 0 unspecified atom stereocenters. The van der Waals surface area contributed by atoms with Gasteiger partial charge in [-0.05, 0) is 25.0 Å². The van der Waals surface area contributed by atoms with Crippen LogP contribution in [-0.4, -0.2) is 15.7 Å². The molecule has 0 aliphatic heterocycles. The lowest BCUT2D eigenvalue weighted by molar-refractivity contribution is 0.00450. The number of thiazole rings is 1. The molecule has 2 aromatic rings. The van der Waals surface area contributed by atoms with E-state index >= 15 is 0 Å². The summed E-state index contributed by atoms with van der Waals surface area (Å²) in [7, 11) is 0. The van der Waals surface area contributed by atoms with Gasteiger partial charge in [-0.3, -0.25) is 0 Å². The number of fused-ring (bicyclic) bond motifs is 1. The van der Waals surface area contributed by atoms with Crippen molar-refractivity contribution >= 4 is 21.6 Å². The van der Waals surface area contributed by atoms with Crippen molar-refractivity contribution in [1.82, 2.24) is 4.98 Å². The van der Waals surface area contributed by atoms with Gasteiger partial charge in [0.2, 0.25) is 0 Å². The number of nitrogens with zero attached hydrogens (tertiary/aromatic N) is 1. The second kappa shape index (κ2) is 4.39. The third-order valence-electron chi connectivity index (χ3n) is 3.60. The number of rotatable bonds is 2. The highest BCUT2D eigenvalue weighted by Gasteiger charge is 2.30. The zero-order valence-corrected chi connectivity index (χ0v) is 10.7. The SMILES string of the molecule is OC1(Cc2nc3ccccc3s2)CCCCC1. The van der Waals surface area contributed by atoms with Crippen LogP contribution in [0.4, 0.5) is 0 Å². The van der Waals surface area contributed by atoms with Crippen LogP contribution in [0.1, 0.15) is 37.1 Å². The smallest absolute Gasteiger partial charge is 0.0967 e. The summed E-state index contributed by atoms with van der Waals surface area (Å²) in [5.41, 5.74) is 0.568. The molecule has 1 aliphatic carbocycles. The maximum atomic E-state index is 10.5. The topological polar surface area (TPSA) is 33.1 Å². The van der Waals surface area contributed by atoms with Gasteiger partial charge in [-0.1, -0.05) is 31.4 Å². The van der Waals surface area contributed by atoms with Crippen LogP contribution in [0, 0.1) is 0 Å². The van der Waals surface area contributed by atoms with Crippen LogP contribution in [0.15, 0.2) is 24.3 Å². The van der Waals surface area contributed by atoms with E-state index in [4.69, 9.17) is 0 Å². The summed E-state index contributed by atoms with van der Waals surface area (Å²) in [5, 5.41) is 11.6. The zero-order valence-electron chi connectivity index (χ0n) is 9.85. The van der Waals surface area contributed by atoms with E-state index in [0.29, 0.717) is 0 Å². The Hall–Kier alpha value is -0.930. The molecule has 0 amide bonds. The normalized spacial score (nSPS) is 19.6. The minimum absolute atomic E-state index is 0.494. The minimum Gasteiger partial charge on any atom is -0.389 e. The third kappa shape index (κ3) is 2.35. The van der Waals surface area contributed by atoms with E-state index < -0.39 is 5.60 Å². The molecule has 0 radical (unpaired) electrons. The zero-order chi connectivity index (χ0) is 11.7. The second-order valence-electron chi connectivity index (χ2n) is 5.04. The van der Waals surface area contributed by atoms with Crippen LogP contribution in [0.25, 0.3) is 10.2 Å². The summed E-state index contributed by atoms with van der Waals surface area (Å²) < 4.78 is 1.22. The first kappa shape index (κ1) is 11.2. The second-order valence-corrected chi connectivity index (χ2v) is 6.15. The molecule has 3 rings (SSSR count). The molecule has 0 bridgehead atoms. The monoisotopic (exact) mass is 247 g/mol. The Morgan fingerprint density at radius 2 is 1.94 bits per heavy atom. The Morgan fingerprint density at radius 3 is 2.71 bits per heavy atom. The molecule has 90 valence electrons. The Kier molecular flexibility index (Phi) is 2.89. The molecule has 1 aromatic carbocycles. The van der Waals surface area contributed by atoms with E-state index in [1.54, 1.807) is 11.3 Å². The first-order chi connectivity index (χ1) is 8.25. The molecule has 1 heterocycles. The fraction of sp³-hybridized carbons (Fsp3) is 0.500. The lowest BCUT2D eigenvalue weighted by Gasteiger charge is -2.31. The van der Waals surface area contributed by atoms with Crippen molar-refractivity contribution in [2.75, 3.05) is 0 Å². The molecule has 1 aromatic heterocycles. The highest BCUT2D eigenvalue weighted by atomic mass is 32.1. The highest BCUT2D eigenvalue weighted by Crippen LogP contribution is 2.33. The third-order valence-corrected chi connectivity index (χ3v) is 4.64. The lowest BCUT2D eigenvalue weighted by atomic mass is 9.83. The van der Waals surface area contributed by atoms with Gasteiger partial charge >= 0.3 is 0 Å². The molecule has 1 aliphatic rings. The van der Waals surface area contributed by atoms with Gasteiger partial charge in [0, 0.05) is 6.42 Å². The van der Waals surface area contributed by atoms with Crippen LogP contribution >= 0.6 is 11.3 Å². The lowest BCUT2D eigenvalue weighted by Crippen LogP contribution is -2.33. The van der Waals surface area contributed by atoms with E-state index in [9.17, 15) is 5.11 Å². The van der Waals surface area contributed by atoms with Crippen LogP contribution in [0.3, 0.4) is 0 Å². The van der Waals surface area contributed by atoms with Gasteiger partial charge in [-0.2, -0.15) is 0 Å². The van der Waals surface area contributed by atoms with Crippen LogP contribution in [-0.2, 0) is 6.42 Å². The van der Waals surface area contributed by atoms with Crippen molar-refractivity contribution in [3.63, 3.8) is 0 Å². The Morgan fingerprint density at radius 1 is 1.18 bits per heavy atom. The molecule has 0 atom stereocenters. The van der Waals surface area contributed by atoms with Crippen molar-refractivity contribution < 1.29 is 5.11 Å². The number of hydrogen-bond donors (Lipinski definition) is 1. The Bertz CT molecular complexity index is 481. The Balaban J connectivity index is 1.84. The van der Waals surface area contributed by atoms with E-state index in [0.717, 1.165) is 42.6 Å². The first-order valence-corrected chi connectivity index (χ1v) is 7.14. The quantitative estimate of drug-likeness (QED) is 0.880. The van der Waals surface area contributed by atoms with Gasteiger partial charge in [0.25, 0.3) is 0 Å². The molecule has 0 spiro atoms. The molecule has 3 heteroatoms. The van der Waals surface area contributed by atoms with Gasteiger partial charge in [-0.25, -0.2) is 4.98 Å². The van der Waals surface area contributed by atoms with Gasteiger partial charge < -0.3 is 5.11 Å². The van der Waals surface area contributed by atoms with E-state index in [2.05, 4.69) is 11.1 Å². The van der Waals surface area contributed by atoms with E-state index in [1.807, 2.05) is 18.2 Å². The first-order valence-electron chi connectivity index (χ1n) is 6.32. The van der Waals surface area contributed by atoms with Crippen LogP contribution in [0.5, 0.6) is 0 Å². The van der Waals surface area contributed by atoms with Crippen molar-refractivity contribution in [3.05, 3.63) is 29.3 Å². The van der Waals surface area contributed by atoms with E-state index in [1.165, 1.54) is 11.1 Å². The van der Waals surface area contributed by atoms with Gasteiger partial charge in [0.05, 0.1) is 20.8 Å². The molecule has 1 N–H and O–H groups in total. The van der Waals surface area contributed by atoms with E-state index in [-0.39, 0.29) is 0 Å². The van der Waals surface area contributed by atoms with Crippen molar-refractivity contribution in [2.24, 2.45) is 0 Å². The van der Waals surface area contributed by atoms with Crippen molar-refractivity contribution in [3.8, 4) is 0 Å². The Labute approximate surface area is 105 Å². The molecule has 2 nitrogen and oxygen atoms in total. The summed E-state index contributed by atoms with van der Waals surface area (Å²) in [6.45, 7) is 0. The van der Waals surface area contributed by atoms with Gasteiger partial charge in [-0.15, -0.1) is 11.3 Å². The minimum atomic E-state index is -0.494. The van der Waals surface area contributed by atoms with Gasteiger partial charge in [0.15, 0.2) is 0 Å². The average Bonchev–Trinajstić information content (AvgIpc) is 2.71. The summed E-state index contributed by atoms with van der Waals surface area (Å²) in [4.78, 5) is 4.61. The molecular weight excluding hydrogens is 230 g/mol. The fourth-order valence-corrected chi connectivity index (χ4v) is 3.77. The standard InChI is InChI=1S/C14H17NOS/c16-14(8-4-1-5-9-14)10-13-15-11-6-2-3-7-12(11)17-13/h2-3,6-7,16H,1,4-5,8-10H2. The average molecular weight is 247 g/mol. The highest BCUT2D eigenvalue weighted by molar-refractivity contribution is 7.18. The number of benzene rings is 1. The molecule has 1 fully saturated rings. The molecule has 0 saturated heterocycles. The maximum absolute atomic E-state index is 10.5. The molecule has 1 saturated carbocycles. The predicted molar refractivity (Wildman–Crippen MR) is 71.4 cm³/mol. The summed E-state index contributed by atoms with van der Waals surface area (Å²) in [5.74, 6) is 0. The summed E-state index contributed by atoms with van der Waals surface area (Å²) in [6.07, 6.45) is 6.17. The number of aliphatic hydroxyl groups is 1. The number of para-hydroxylation sites is 1. The predicted octanol–water partition coefficient (Wildman–Crippen LogP) is 3.53. The molecule has 17 heavy (non-hydrogen) atoms. The van der Waals surface area contributed by atoms with Crippen molar-refractivity contribution in [1.29, 1.82) is 0 Å². The van der Waals surface area contributed by atoms with Crippen LogP contribution in [0.2, 0.25) is 0 Å². The van der Waals surface area contributed by atoms with Gasteiger partial charge in [0.1, 0.15) is 0 Å². The van der Waals surface area contributed by atoms with Crippen LogP contribution < -0.4 is 0 Å². The fourth-order valence-electron chi connectivity index (χ4n) is 2.66. The summed E-state index contributed by atoms with van der Waals surface area (Å²) >= 11 is 1.72. The summed E-state index contributed by atoms with van der Waals surface area (Å²) in [6, 6.07) is 8.20. The maximum Gasteiger partial charge on any atom is 0.0967 e.